The molecule has 1 aliphatic heterocycles. The Kier molecular flexibility index (Phi) is 1.94. The van der Waals surface area contributed by atoms with Crippen LogP contribution in [0.3, 0.4) is 0 Å². The highest BCUT2D eigenvalue weighted by Gasteiger charge is 2.51. The van der Waals surface area contributed by atoms with E-state index in [1.54, 1.807) is 0 Å². The molecule has 17 heavy (non-hydrogen) atoms. The van der Waals surface area contributed by atoms with Crippen molar-refractivity contribution in [2.24, 2.45) is 5.92 Å². The van der Waals surface area contributed by atoms with Gasteiger partial charge in [0.15, 0.2) is 5.82 Å². The first-order chi connectivity index (χ1) is 8.23. The van der Waals surface area contributed by atoms with Gasteiger partial charge in [-0.15, -0.1) is 0 Å². The summed E-state index contributed by atoms with van der Waals surface area (Å²) in [6.07, 6.45) is 4.76. The van der Waals surface area contributed by atoms with Gasteiger partial charge in [0.25, 0.3) is 0 Å². The molecular formula is C12H17N3O2. The van der Waals surface area contributed by atoms with Crippen molar-refractivity contribution in [3.63, 3.8) is 0 Å². The van der Waals surface area contributed by atoms with Crippen molar-refractivity contribution in [2.75, 3.05) is 13.1 Å². The van der Waals surface area contributed by atoms with Crippen molar-refractivity contribution in [2.45, 2.75) is 43.7 Å². The van der Waals surface area contributed by atoms with Gasteiger partial charge in [0.05, 0.1) is 12.1 Å². The van der Waals surface area contributed by atoms with Gasteiger partial charge in [-0.3, -0.25) is 4.90 Å². The van der Waals surface area contributed by atoms with Crippen molar-refractivity contribution in [1.82, 2.24) is 15.0 Å². The molecule has 1 saturated heterocycles. The maximum Gasteiger partial charge on any atom is 0.229 e. The lowest BCUT2D eigenvalue weighted by molar-refractivity contribution is -0.117. The van der Waals surface area contributed by atoms with Crippen LogP contribution >= 0.6 is 0 Å². The predicted octanol–water partition coefficient (Wildman–Crippen LogP) is 0.904. The third-order valence-electron chi connectivity index (χ3n) is 4.11. The van der Waals surface area contributed by atoms with Crippen LogP contribution in [-0.4, -0.2) is 38.8 Å². The zero-order chi connectivity index (χ0) is 11.5. The molecule has 1 aromatic rings. The highest BCUT2D eigenvalue weighted by Crippen LogP contribution is 2.44. The monoisotopic (exact) mass is 235 g/mol. The Morgan fingerprint density at radius 3 is 2.71 bits per heavy atom. The number of rotatable bonds is 4. The highest BCUT2D eigenvalue weighted by atomic mass is 16.5. The van der Waals surface area contributed by atoms with E-state index in [0.717, 1.165) is 24.8 Å². The molecule has 92 valence electrons. The summed E-state index contributed by atoms with van der Waals surface area (Å²) in [6.45, 7) is 2.25. The molecular weight excluding hydrogens is 218 g/mol. The minimum absolute atomic E-state index is 0.414. The largest absolute Gasteiger partial charge is 0.387 e. The van der Waals surface area contributed by atoms with Crippen LogP contribution in [0.2, 0.25) is 0 Å². The summed E-state index contributed by atoms with van der Waals surface area (Å²) < 4.78 is 5.22. The Balaban J connectivity index is 1.35. The van der Waals surface area contributed by atoms with Crippen LogP contribution in [0.5, 0.6) is 0 Å². The van der Waals surface area contributed by atoms with Gasteiger partial charge in [-0.1, -0.05) is 5.16 Å². The Labute approximate surface area is 99.8 Å². The van der Waals surface area contributed by atoms with E-state index in [0.29, 0.717) is 18.4 Å². The zero-order valence-corrected chi connectivity index (χ0v) is 9.80. The number of aliphatic hydroxyl groups is 1. The maximum absolute atomic E-state index is 10.2. The fourth-order valence-corrected chi connectivity index (χ4v) is 2.75. The van der Waals surface area contributed by atoms with Crippen LogP contribution in [0.1, 0.15) is 43.3 Å². The van der Waals surface area contributed by atoms with Gasteiger partial charge < -0.3 is 9.63 Å². The van der Waals surface area contributed by atoms with Crippen molar-refractivity contribution >= 4 is 0 Å². The lowest BCUT2D eigenvalue weighted by Gasteiger charge is -2.46. The molecule has 0 atom stereocenters. The normalized spacial score (nSPS) is 28.1. The van der Waals surface area contributed by atoms with Crippen molar-refractivity contribution in [1.29, 1.82) is 0 Å². The van der Waals surface area contributed by atoms with Gasteiger partial charge in [-0.05, 0) is 31.6 Å². The Bertz CT molecular complexity index is 431. The number of β-amino-alcohol motifs (C(OH)–C–C–N with tert-alkyl or cyclic N) is 1. The summed E-state index contributed by atoms with van der Waals surface area (Å²) in [5.74, 6) is 2.64. The smallest absolute Gasteiger partial charge is 0.229 e. The molecule has 2 aliphatic carbocycles. The van der Waals surface area contributed by atoms with Gasteiger partial charge in [0.1, 0.15) is 0 Å². The lowest BCUT2D eigenvalue weighted by Crippen LogP contribution is -2.62. The average molecular weight is 235 g/mol. The van der Waals surface area contributed by atoms with Crippen molar-refractivity contribution in [3.8, 4) is 0 Å². The summed E-state index contributed by atoms with van der Waals surface area (Å²) in [7, 11) is 0. The molecule has 0 amide bonds. The second-order valence-electron chi connectivity index (χ2n) is 5.85. The van der Waals surface area contributed by atoms with E-state index < -0.39 is 5.60 Å². The van der Waals surface area contributed by atoms with Crippen LogP contribution in [0.4, 0.5) is 0 Å². The van der Waals surface area contributed by atoms with Crippen LogP contribution in [-0.2, 0) is 6.54 Å². The Hall–Kier alpha value is -0.940. The molecule has 2 saturated carbocycles. The number of nitrogens with zero attached hydrogens (tertiary/aromatic N) is 3. The standard InChI is InChI=1S/C12H17N3O2/c16-12(9-3-4-9)6-15(7-12)5-10-13-11(17-14-10)8-1-2-8/h8-9,16H,1-7H2. The summed E-state index contributed by atoms with van der Waals surface area (Å²) in [5.41, 5.74) is -0.414. The lowest BCUT2D eigenvalue weighted by atomic mass is 9.89. The number of hydrogen-bond acceptors (Lipinski definition) is 5. The number of aromatic nitrogens is 2. The molecule has 0 spiro atoms. The fraction of sp³-hybridized carbons (Fsp3) is 0.833. The van der Waals surface area contributed by atoms with E-state index in [9.17, 15) is 5.11 Å². The van der Waals surface area contributed by atoms with E-state index >= 15 is 0 Å². The molecule has 1 N–H and O–H groups in total. The van der Waals surface area contributed by atoms with Crippen LogP contribution in [0, 0.1) is 5.92 Å². The van der Waals surface area contributed by atoms with Gasteiger partial charge >= 0.3 is 0 Å². The molecule has 4 rings (SSSR count). The summed E-state index contributed by atoms with van der Waals surface area (Å²) >= 11 is 0. The van der Waals surface area contributed by atoms with Gasteiger partial charge in [-0.2, -0.15) is 4.98 Å². The van der Waals surface area contributed by atoms with E-state index in [1.165, 1.54) is 25.7 Å². The minimum atomic E-state index is -0.414. The first-order valence-corrected chi connectivity index (χ1v) is 6.50. The quantitative estimate of drug-likeness (QED) is 0.840. The highest BCUT2D eigenvalue weighted by molar-refractivity contribution is 5.07. The second kappa shape index (κ2) is 3.29. The number of likely N-dealkylation sites (tertiary alicyclic amines) is 1. The topological polar surface area (TPSA) is 62.4 Å². The molecule has 0 bridgehead atoms. The van der Waals surface area contributed by atoms with Crippen LogP contribution < -0.4 is 0 Å². The molecule has 3 fully saturated rings. The third-order valence-corrected chi connectivity index (χ3v) is 4.11. The van der Waals surface area contributed by atoms with E-state index in [-0.39, 0.29) is 0 Å². The van der Waals surface area contributed by atoms with Gasteiger partial charge in [0, 0.05) is 19.0 Å². The fourth-order valence-electron chi connectivity index (χ4n) is 2.75. The Morgan fingerprint density at radius 1 is 1.29 bits per heavy atom. The van der Waals surface area contributed by atoms with Crippen LogP contribution in [0.25, 0.3) is 0 Å². The zero-order valence-electron chi connectivity index (χ0n) is 9.80. The maximum atomic E-state index is 10.2. The van der Waals surface area contributed by atoms with Gasteiger partial charge in [0.2, 0.25) is 5.89 Å². The SMILES string of the molecule is OC1(C2CC2)CN(Cc2noc(C3CC3)n2)C1. The van der Waals surface area contributed by atoms with Crippen molar-refractivity contribution < 1.29 is 9.63 Å². The van der Waals surface area contributed by atoms with E-state index in [1.807, 2.05) is 0 Å². The van der Waals surface area contributed by atoms with Crippen molar-refractivity contribution in [3.05, 3.63) is 11.7 Å². The second-order valence-corrected chi connectivity index (χ2v) is 5.85. The molecule has 3 aliphatic rings. The first-order valence-electron chi connectivity index (χ1n) is 6.50. The molecule has 0 unspecified atom stereocenters. The van der Waals surface area contributed by atoms with E-state index in [4.69, 9.17) is 4.52 Å². The molecule has 5 nitrogen and oxygen atoms in total. The molecule has 5 heteroatoms. The summed E-state index contributed by atoms with van der Waals surface area (Å²) in [4.78, 5) is 6.60. The third kappa shape index (κ3) is 1.77. The molecule has 0 aromatic carbocycles. The number of hydrogen-bond donors (Lipinski definition) is 1. The summed E-state index contributed by atoms with van der Waals surface area (Å²) in [6, 6.07) is 0. The molecule has 0 radical (unpaired) electrons. The Morgan fingerprint density at radius 2 is 2.06 bits per heavy atom. The molecule has 1 aromatic heterocycles. The van der Waals surface area contributed by atoms with E-state index in [2.05, 4.69) is 15.0 Å². The van der Waals surface area contributed by atoms with Gasteiger partial charge in [-0.25, -0.2) is 0 Å². The van der Waals surface area contributed by atoms with Crippen LogP contribution in [0.15, 0.2) is 4.52 Å². The first kappa shape index (κ1) is 10.0. The molecule has 2 heterocycles. The average Bonchev–Trinajstić information content (AvgIpc) is 3.15. The predicted molar refractivity (Wildman–Crippen MR) is 59.2 cm³/mol. The minimum Gasteiger partial charge on any atom is -0.387 e. The summed E-state index contributed by atoms with van der Waals surface area (Å²) in [5, 5.41) is 14.2.